The third-order valence-corrected chi connectivity index (χ3v) is 10.3. The smallest absolute Gasteiger partial charge is 0.339 e. The Bertz CT molecular complexity index is 2090. The Balaban J connectivity index is 1.36. The number of hydrogen-bond donors (Lipinski definition) is 1. The maximum absolute atomic E-state index is 15.8. The minimum atomic E-state index is -1.50. The molecule has 1 N–H and O–H groups in total. The number of aromatic nitrogens is 2. The summed E-state index contributed by atoms with van der Waals surface area (Å²) >= 11 is 0. The average molecular weight is 738 g/mol. The monoisotopic (exact) mass is 737 g/mol. The largest absolute Gasteiger partial charge is 0.488 e. The molecule has 3 heterocycles. The Hall–Kier alpha value is -4.77. The molecule has 1 aliphatic rings. The van der Waals surface area contributed by atoms with Crippen molar-refractivity contribution in [2.75, 3.05) is 44.9 Å². The minimum Gasteiger partial charge on any atom is -0.488 e. The number of benzene rings is 3. The van der Waals surface area contributed by atoms with Crippen LogP contribution in [-0.4, -0.2) is 66.1 Å². The van der Waals surface area contributed by atoms with E-state index < -0.39 is 12.1 Å². The van der Waals surface area contributed by atoms with Crippen molar-refractivity contribution in [2.45, 2.75) is 72.7 Å². The third-order valence-electron chi connectivity index (χ3n) is 10.3. The van der Waals surface area contributed by atoms with Crippen molar-refractivity contribution in [1.29, 1.82) is 0 Å². The summed E-state index contributed by atoms with van der Waals surface area (Å²) in [7, 11) is 1.28. The number of rotatable bonds is 14. The lowest BCUT2D eigenvalue weighted by molar-refractivity contribution is -0.150. The molecule has 0 radical (unpaired) electrons. The molecule has 9 nitrogen and oxygen atoms in total. The van der Waals surface area contributed by atoms with Crippen LogP contribution in [0.5, 0.6) is 5.75 Å². The number of hydrogen-bond acceptors (Lipinski definition) is 8. The van der Waals surface area contributed by atoms with Crippen molar-refractivity contribution < 1.29 is 33.2 Å². The van der Waals surface area contributed by atoms with E-state index in [-0.39, 0.29) is 11.4 Å². The lowest BCUT2D eigenvalue weighted by atomic mass is 9.92. The summed E-state index contributed by atoms with van der Waals surface area (Å²) in [5.74, 6) is 0.509. The number of nitrogens with zero attached hydrogens (tertiary/aromatic N) is 3. The zero-order chi connectivity index (χ0) is 38.6. The number of aliphatic hydroxyl groups is 1. The first-order chi connectivity index (χ1) is 25.9. The average Bonchev–Trinajstić information content (AvgIpc) is 3.61. The van der Waals surface area contributed by atoms with Crippen LogP contribution in [0.1, 0.15) is 67.5 Å². The van der Waals surface area contributed by atoms with Crippen molar-refractivity contribution >= 4 is 17.4 Å². The Kier molecular flexibility index (Phi) is 12.1. The van der Waals surface area contributed by atoms with Crippen molar-refractivity contribution in [3.05, 3.63) is 107 Å². The van der Waals surface area contributed by atoms with Gasteiger partial charge in [-0.3, -0.25) is 4.40 Å². The molecule has 5 aromatic rings. The summed E-state index contributed by atoms with van der Waals surface area (Å²) in [4.78, 5) is 20.2. The standard InChI is InChI=1S/C44H52FN3O6/c1-28(2)26-52-20-21-54-44(6)16-18-47(19-17-44)42-38(40(49)43(50)51-7)30(4)31(5)41-46-36(25-48(41)42)33-14-11-15-34(24-33)39-35(45)22-29(3)23-37(39)53-27-32-12-9-8-10-13-32/h8-15,22-25,28,40,49H,16-21,26-27H2,1-7H3/t40-/m0/s1. The molecule has 1 saturated heterocycles. The highest BCUT2D eigenvalue weighted by Gasteiger charge is 2.36. The molecule has 1 fully saturated rings. The van der Waals surface area contributed by atoms with Gasteiger partial charge in [-0.05, 0) is 92.5 Å². The quantitative estimate of drug-likeness (QED) is 0.0896. The zero-order valence-electron chi connectivity index (χ0n) is 32.4. The molecule has 0 unspecified atom stereocenters. The summed E-state index contributed by atoms with van der Waals surface area (Å²) in [5.41, 5.74) is 6.66. The maximum atomic E-state index is 15.8. The van der Waals surface area contributed by atoms with Gasteiger partial charge in [0.2, 0.25) is 0 Å². The van der Waals surface area contributed by atoms with Crippen LogP contribution >= 0.6 is 0 Å². The number of carbonyl (C=O) groups is 1. The van der Waals surface area contributed by atoms with Crippen LogP contribution in [-0.2, 0) is 25.6 Å². The molecule has 0 amide bonds. The molecule has 0 spiro atoms. The molecular formula is C44H52FN3O6. The third kappa shape index (κ3) is 8.46. The Morgan fingerprint density at radius 1 is 0.963 bits per heavy atom. The topological polar surface area (TPSA) is 94.8 Å². The number of pyridine rings is 1. The second kappa shape index (κ2) is 16.7. The Labute approximate surface area is 317 Å². The van der Waals surface area contributed by atoms with E-state index in [1.165, 1.54) is 13.2 Å². The van der Waals surface area contributed by atoms with E-state index >= 15 is 4.39 Å². The molecule has 286 valence electrons. The number of fused-ring (bicyclic) bond motifs is 1. The molecule has 3 aromatic carbocycles. The lowest BCUT2D eigenvalue weighted by Crippen LogP contribution is -2.46. The van der Waals surface area contributed by atoms with Gasteiger partial charge in [0.05, 0.1) is 37.2 Å². The van der Waals surface area contributed by atoms with Crippen LogP contribution in [0.15, 0.2) is 72.9 Å². The summed E-state index contributed by atoms with van der Waals surface area (Å²) in [6.45, 7) is 15.4. The first-order valence-corrected chi connectivity index (χ1v) is 18.7. The van der Waals surface area contributed by atoms with Gasteiger partial charge in [-0.15, -0.1) is 0 Å². The molecule has 54 heavy (non-hydrogen) atoms. The Morgan fingerprint density at radius 3 is 2.39 bits per heavy atom. The number of carbonyl (C=O) groups excluding carboxylic acids is 1. The first-order valence-electron chi connectivity index (χ1n) is 18.7. The van der Waals surface area contributed by atoms with Crippen LogP contribution in [0, 0.1) is 32.5 Å². The van der Waals surface area contributed by atoms with Gasteiger partial charge in [0, 0.05) is 37.0 Å². The van der Waals surface area contributed by atoms with Crippen LogP contribution in [0.25, 0.3) is 28.0 Å². The number of imidazole rings is 1. The number of piperidine rings is 1. The summed E-state index contributed by atoms with van der Waals surface area (Å²) in [6.07, 6.45) is 1.90. The fourth-order valence-corrected chi connectivity index (χ4v) is 7.17. The maximum Gasteiger partial charge on any atom is 0.339 e. The van der Waals surface area contributed by atoms with Crippen LogP contribution < -0.4 is 9.64 Å². The van der Waals surface area contributed by atoms with Crippen molar-refractivity contribution in [2.24, 2.45) is 5.92 Å². The van der Waals surface area contributed by atoms with Gasteiger partial charge in [0.25, 0.3) is 0 Å². The molecule has 6 rings (SSSR count). The number of halogens is 1. The zero-order valence-corrected chi connectivity index (χ0v) is 32.4. The van der Waals surface area contributed by atoms with Gasteiger partial charge in [-0.25, -0.2) is 14.2 Å². The second-order valence-corrected chi connectivity index (χ2v) is 15.0. The molecule has 1 atom stereocenters. The second-order valence-electron chi connectivity index (χ2n) is 15.0. The summed E-state index contributed by atoms with van der Waals surface area (Å²) in [5, 5.41) is 11.4. The van der Waals surface area contributed by atoms with E-state index in [1.807, 2.05) is 92.0 Å². The number of ether oxygens (including phenoxy) is 4. The van der Waals surface area contributed by atoms with E-state index in [0.717, 1.165) is 40.7 Å². The molecule has 0 aliphatic carbocycles. The van der Waals surface area contributed by atoms with Gasteiger partial charge >= 0.3 is 5.97 Å². The van der Waals surface area contributed by atoms with Crippen molar-refractivity contribution in [1.82, 2.24) is 9.38 Å². The first kappa shape index (κ1) is 38.9. The van der Waals surface area contributed by atoms with E-state index in [0.29, 0.717) is 85.0 Å². The highest BCUT2D eigenvalue weighted by atomic mass is 19.1. The van der Waals surface area contributed by atoms with Gasteiger partial charge in [-0.1, -0.05) is 62.4 Å². The van der Waals surface area contributed by atoms with Gasteiger partial charge in [-0.2, -0.15) is 0 Å². The molecule has 0 bridgehead atoms. The summed E-state index contributed by atoms with van der Waals surface area (Å²) < 4.78 is 41.1. The number of aliphatic hydroxyl groups excluding tert-OH is 1. The van der Waals surface area contributed by atoms with E-state index in [2.05, 4.69) is 25.7 Å². The lowest BCUT2D eigenvalue weighted by Gasteiger charge is -2.41. The van der Waals surface area contributed by atoms with Crippen LogP contribution in [0.4, 0.5) is 10.2 Å². The van der Waals surface area contributed by atoms with Gasteiger partial charge in [0.1, 0.15) is 29.6 Å². The predicted octanol–water partition coefficient (Wildman–Crippen LogP) is 8.57. The van der Waals surface area contributed by atoms with Crippen molar-refractivity contribution in [3.8, 4) is 28.1 Å². The predicted molar refractivity (Wildman–Crippen MR) is 209 cm³/mol. The van der Waals surface area contributed by atoms with E-state index in [1.54, 1.807) is 0 Å². The van der Waals surface area contributed by atoms with Crippen LogP contribution in [0.3, 0.4) is 0 Å². The summed E-state index contributed by atoms with van der Waals surface area (Å²) in [6, 6.07) is 20.8. The highest BCUT2D eigenvalue weighted by molar-refractivity contribution is 5.82. The van der Waals surface area contributed by atoms with Crippen molar-refractivity contribution in [3.63, 3.8) is 0 Å². The fourth-order valence-electron chi connectivity index (χ4n) is 7.17. The molecular weight excluding hydrogens is 685 g/mol. The SMILES string of the molecule is COC(=O)[C@@H](O)c1c(C)c(C)c2nc(-c3cccc(-c4c(F)cc(C)cc4OCc4ccccc4)c3)cn2c1N1CCC(C)(OCCOCC(C)C)CC1. The highest BCUT2D eigenvalue weighted by Crippen LogP contribution is 2.40. The number of aryl methyl sites for hydroxylation is 2. The molecule has 2 aromatic heterocycles. The molecule has 0 saturated carbocycles. The van der Waals surface area contributed by atoms with Gasteiger partial charge < -0.3 is 29.0 Å². The van der Waals surface area contributed by atoms with E-state index in [9.17, 15) is 9.90 Å². The number of esters is 1. The number of methoxy groups -OCH3 is 1. The number of anilines is 1. The molecule has 10 heteroatoms. The van der Waals surface area contributed by atoms with Gasteiger partial charge in [0.15, 0.2) is 6.10 Å². The minimum absolute atomic E-state index is 0.304. The normalized spacial score (nSPS) is 14.8. The van der Waals surface area contributed by atoms with E-state index in [4.69, 9.17) is 23.9 Å². The molecule has 1 aliphatic heterocycles. The fraction of sp³-hybridized carbons (Fsp3) is 0.409. The van der Waals surface area contributed by atoms with Crippen LogP contribution in [0.2, 0.25) is 0 Å². The Morgan fingerprint density at radius 2 is 1.69 bits per heavy atom.